The number of ether oxygens (including phenoxy) is 1. The van der Waals surface area contributed by atoms with E-state index < -0.39 is 0 Å². The normalized spacial score (nSPS) is 25.5. The zero-order chi connectivity index (χ0) is 9.83. The maximum Gasteiger partial charge on any atom is 0.0627 e. The molecule has 1 heterocycles. The highest BCUT2D eigenvalue weighted by atomic mass is 16.5. The van der Waals surface area contributed by atoms with Crippen LogP contribution in [-0.4, -0.2) is 12.2 Å². The van der Waals surface area contributed by atoms with Gasteiger partial charge in [0, 0.05) is 0 Å². The molecule has 1 heteroatoms. The molecule has 0 saturated carbocycles. The summed E-state index contributed by atoms with van der Waals surface area (Å²) in [6.07, 6.45) is 2.49. The van der Waals surface area contributed by atoms with Crippen molar-refractivity contribution in [1.29, 1.82) is 0 Å². The predicted octanol–water partition coefficient (Wildman–Crippen LogP) is 3.63. The monoisotopic (exact) mass is 172 g/mol. The van der Waals surface area contributed by atoms with E-state index in [-0.39, 0.29) is 5.60 Å². The Bertz CT molecular complexity index is 97.0. The topological polar surface area (TPSA) is 9.23 Å². The van der Waals surface area contributed by atoms with Gasteiger partial charge in [-0.05, 0) is 32.1 Å². The lowest BCUT2D eigenvalue weighted by Crippen LogP contribution is -2.37. The smallest absolute Gasteiger partial charge is 0.0627 e. The molecule has 74 valence electrons. The van der Waals surface area contributed by atoms with E-state index in [1.807, 2.05) is 13.8 Å². The summed E-state index contributed by atoms with van der Waals surface area (Å²) in [4.78, 5) is 0. The summed E-state index contributed by atoms with van der Waals surface area (Å²) in [5.41, 5.74) is 0.547. The van der Waals surface area contributed by atoms with Gasteiger partial charge in [-0.15, -0.1) is 0 Å². The van der Waals surface area contributed by atoms with Crippen LogP contribution in [0.1, 0.15) is 54.4 Å². The van der Waals surface area contributed by atoms with Crippen LogP contribution in [0, 0.1) is 5.41 Å². The number of hydrogen-bond acceptors (Lipinski definition) is 1. The summed E-state index contributed by atoms with van der Waals surface area (Å²) in [7, 11) is 0. The molecule has 1 fully saturated rings. The van der Waals surface area contributed by atoms with Crippen LogP contribution >= 0.6 is 0 Å². The fourth-order valence-corrected chi connectivity index (χ4v) is 1.17. The lowest BCUT2D eigenvalue weighted by molar-refractivity contribution is -0.102. The van der Waals surface area contributed by atoms with Crippen molar-refractivity contribution >= 4 is 0 Å². The average molecular weight is 172 g/mol. The minimum atomic E-state index is 0.134. The van der Waals surface area contributed by atoms with Crippen molar-refractivity contribution in [3.05, 3.63) is 0 Å². The van der Waals surface area contributed by atoms with E-state index in [9.17, 15) is 0 Å². The number of rotatable bonds is 0. The Kier molecular flexibility index (Phi) is 4.25. The SMILES string of the molecule is CC.CC1(C)CCC(C)(C)OC1. The second kappa shape index (κ2) is 4.27. The Labute approximate surface area is 77.5 Å². The summed E-state index contributed by atoms with van der Waals surface area (Å²) in [5, 5.41) is 0. The van der Waals surface area contributed by atoms with Gasteiger partial charge < -0.3 is 4.74 Å². The van der Waals surface area contributed by atoms with Crippen molar-refractivity contribution in [3.8, 4) is 0 Å². The van der Waals surface area contributed by atoms with Crippen LogP contribution < -0.4 is 0 Å². The fourth-order valence-electron chi connectivity index (χ4n) is 1.17. The van der Waals surface area contributed by atoms with Crippen molar-refractivity contribution in [2.24, 2.45) is 5.41 Å². The Morgan fingerprint density at radius 3 is 1.67 bits per heavy atom. The molecule has 0 N–H and O–H groups in total. The Balaban J connectivity index is 0.000000561. The minimum Gasteiger partial charge on any atom is -0.375 e. The van der Waals surface area contributed by atoms with Gasteiger partial charge in [-0.2, -0.15) is 0 Å². The quantitative estimate of drug-likeness (QED) is 0.542. The maximum atomic E-state index is 5.68. The lowest BCUT2D eigenvalue weighted by Gasteiger charge is -2.39. The van der Waals surface area contributed by atoms with Crippen LogP contribution in [0.25, 0.3) is 0 Å². The largest absolute Gasteiger partial charge is 0.375 e. The average Bonchev–Trinajstić information content (AvgIpc) is 2.01. The van der Waals surface area contributed by atoms with Gasteiger partial charge in [0.25, 0.3) is 0 Å². The van der Waals surface area contributed by atoms with Crippen LogP contribution in [0.2, 0.25) is 0 Å². The molecule has 0 spiro atoms. The molecule has 0 aromatic rings. The number of hydrogen-bond donors (Lipinski definition) is 0. The molecular weight excluding hydrogens is 148 g/mol. The zero-order valence-corrected chi connectivity index (χ0v) is 9.53. The third-order valence-electron chi connectivity index (χ3n) is 2.26. The molecule has 0 radical (unpaired) electrons. The third-order valence-corrected chi connectivity index (χ3v) is 2.26. The zero-order valence-electron chi connectivity index (χ0n) is 9.53. The van der Waals surface area contributed by atoms with E-state index in [1.54, 1.807) is 0 Å². The van der Waals surface area contributed by atoms with E-state index in [1.165, 1.54) is 12.8 Å². The van der Waals surface area contributed by atoms with E-state index in [0.29, 0.717) is 5.41 Å². The van der Waals surface area contributed by atoms with Crippen molar-refractivity contribution in [2.75, 3.05) is 6.61 Å². The first-order valence-electron chi connectivity index (χ1n) is 5.05. The molecule has 1 saturated heterocycles. The second-order valence-electron chi connectivity index (χ2n) is 4.71. The van der Waals surface area contributed by atoms with Crippen LogP contribution in [-0.2, 0) is 4.74 Å². The van der Waals surface area contributed by atoms with Crippen molar-refractivity contribution < 1.29 is 4.74 Å². The van der Waals surface area contributed by atoms with Crippen LogP contribution in [0.3, 0.4) is 0 Å². The van der Waals surface area contributed by atoms with Gasteiger partial charge in [-0.3, -0.25) is 0 Å². The molecule has 0 unspecified atom stereocenters. The molecule has 1 aliphatic heterocycles. The van der Waals surface area contributed by atoms with Crippen LogP contribution in [0.4, 0.5) is 0 Å². The van der Waals surface area contributed by atoms with Crippen molar-refractivity contribution in [3.63, 3.8) is 0 Å². The summed E-state index contributed by atoms with van der Waals surface area (Å²) in [6.45, 7) is 13.8. The summed E-state index contributed by atoms with van der Waals surface area (Å²) < 4.78 is 5.68. The van der Waals surface area contributed by atoms with Gasteiger partial charge in [-0.1, -0.05) is 27.7 Å². The highest BCUT2D eigenvalue weighted by Gasteiger charge is 2.31. The van der Waals surface area contributed by atoms with E-state index in [2.05, 4.69) is 27.7 Å². The molecule has 0 aromatic heterocycles. The highest BCUT2D eigenvalue weighted by molar-refractivity contribution is 4.81. The molecule has 0 aliphatic carbocycles. The molecule has 0 atom stereocenters. The molecule has 1 aliphatic rings. The third kappa shape index (κ3) is 4.10. The first kappa shape index (κ1) is 12.0. The summed E-state index contributed by atoms with van der Waals surface area (Å²) in [6, 6.07) is 0. The first-order valence-corrected chi connectivity index (χ1v) is 5.05. The van der Waals surface area contributed by atoms with Gasteiger partial charge in [0.1, 0.15) is 0 Å². The Morgan fingerprint density at radius 1 is 0.917 bits per heavy atom. The summed E-state index contributed by atoms with van der Waals surface area (Å²) >= 11 is 0. The molecule has 0 aromatic carbocycles. The van der Waals surface area contributed by atoms with Gasteiger partial charge >= 0.3 is 0 Å². The molecule has 0 bridgehead atoms. The van der Waals surface area contributed by atoms with Crippen molar-refractivity contribution in [2.45, 2.75) is 60.0 Å². The van der Waals surface area contributed by atoms with E-state index >= 15 is 0 Å². The minimum absolute atomic E-state index is 0.134. The highest BCUT2D eigenvalue weighted by Crippen LogP contribution is 2.34. The Morgan fingerprint density at radius 2 is 1.42 bits per heavy atom. The van der Waals surface area contributed by atoms with Crippen LogP contribution in [0.5, 0.6) is 0 Å². The van der Waals surface area contributed by atoms with Gasteiger partial charge in [0.2, 0.25) is 0 Å². The molecule has 1 nitrogen and oxygen atoms in total. The van der Waals surface area contributed by atoms with Gasteiger partial charge in [0.15, 0.2) is 0 Å². The van der Waals surface area contributed by atoms with Gasteiger partial charge in [-0.25, -0.2) is 0 Å². The molecule has 0 amide bonds. The van der Waals surface area contributed by atoms with Crippen LogP contribution in [0.15, 0.2) is 0 Å². The summed E-state index contributed by atoms with van der Waals surface area (Å²) in [5.74, 6) is 0. The fraction of sp³-hybridized carbons (Fsp3) is 1.00. The molecule has 12 heavy (non-hydrogen) atoms. The van der Waals surface area contributed by atoms with Gasteiger partial charge in [0.05, 0.1) is 12.2 Å². The Hall–Kier alpha value is -0.0400. The van der Waals surface area contributed by atoms with E-state index in [0.717, 1.165) is 6.61 Å². The molecule has 1 rings (SSSR count). The lowest BCUT2D eigenvalue weighted by atomic mass is 9.82. The van der Waals surface area contributed by atoms with E-state index in [4.69, 9.17) is 4.74 Å². The standard InChI is InChI=1S/C9H18O.C2H6/c1-8(2)5-6-9(3,4)10-7-8;1-2/h5-7H2,1-4H3;1-2H3. The first-order chi connectivity index (χ1) is 5.41. The molecular formula is C11H24O. The second-order valence-corrected chi connectivity index (χ2v) is 4.71. The van der Waals surface area contributed by atoms with Crippen molar-refractivity contribution in [1.82, 2.24) is 0 Å². The maximum absolute atomic E-state index is 5.68. The predicted molar refractivity (Wildman–Crippen MR) is 54.4 cm³/mol.